The van der Waals surface area contributed by atoms with Gasteiger partial charge < -0.3 is 4.40 Å². The van der Waals surface area contributed by atoms with Gasteiger partial charge in [-0.05, 0) is 23.5 Å². The summed E-state index contributed by atoms with van der Waals surface area (Å²) >= 11 is 0. The van der Waals surface area contributed by atoms with Crippen LogP contribution in [-0.2, 0) is 0 Å². The SMILES string of the molecule is CC(C)c1ccc2nccn2c1C(C)C. The molecule has 0 N–H and O–H groups in total. The average molecular weight is 202 g/mol. The van der Waals surface area contributed by atoms with Gasteiger partial charge in [0.05, 0.1) is 0 Å². The zero-order chi connectivity index (χ0) is 11.0. The summed E-state index contributed by atoms with van der Waals surface area (Å²) in [6.07, 6.45) is 3.92. The predicted octanol–water partition coefficient (Wildman–Crippen LogP) is 3.58. The molecule has 0 aromatic carbocycles. The van der Waals surface area contributed by atoms with Gasteiger partial charge in [-0.1, -0.05) is 33.8 Å². The summed E-state index contributed by atoms with van der Waals surface area (Å²) in [5.74, 6) is 1.09. The van der Waals surface area contributed by atoms with Gasteiger partial charge in [0, 0.05) is 18.1 Å². The van der Waals surface area contributed by atoms with Gasteiger partial charge in [-0.15, -0.1) is 0 Å². The molecule has 15 heavy (non-hydrogen) atoms. The largest absolute Gasteiger partial charge is 0.304 e. The van der Waals surface area contributed by atoms with Crippen LogP contribution in [0.3, 0.4) is 0 Å². The molecule has 0 unspecified atom stereocenters. The third-order valence-electron chi connectivity index (χ3n) is 2.81. The first-order chi connectivity index (χ1) is 7.11. The zero-order valence-electron chi connectivity index (χ0n) is 9.86. The van der Waals surface area contributed by atoms with E-state index < -0.39 is 0 Å². The van der Waals surface area contributed by atoms with E-state index in [0.29, 0.717) is 11.8 Å². The Kier molecular flexibility index (Phi) is 2.51. The Morgan fingerprint density at radius 2 is 1.80 bits per heavy atom. The molecule has 0 aliphatic heterocycles. The first-order valence-electron chi connectivity index (χ1n) is 5.57. The summed E-state index contributed by atoms with van der Waals surface area (Å²) in [5, 5.41) is 0. The minimum Gasteiger partial charge on any atom is -0.304 e. The standard InChI is InChI=1S/C13H18N2/c1-9(2)11-5-6-12-14-7-8-15(12)13(11)10(3)4/h5-10H,1-4H3. The van der Waals surface area contributed by atoms with E-state index in [0.717, 1.165) is 5.65 Å². The lowest BCUT2D eigenvalue weighted by molar-refractivity contribution is 0.742. The van der Waals surface area contributed by atoms with E-state index in [-0.39, 0.29) is 0 Å². The highest BCUT2D eigenvalue weighted by Crippen LogP contribution is 2.26. The monoisotopic (exact) mass is 202 g/mol. The number of pyridine rings is 1. The van der Waals surface area contributed by atoms with E-state index in [1.807, 2.05) is 6.20 Å². The Hall–Kier alpha value is -1.31. The fraction of sp³-hybridized carbons (Fsp3) is 0.462. The highest BCUT2D eigenvalue weighted by Gasteiger charge is 2.13. The van der Waals surface area contributed by atoms with Crippen molar-refractivity contribution in [2.75, 3.05) is 0 Å². The van der Waals surface area contributed by atoms with Gasteiger partial charge in [-0.2, -0.15) is 0 Å². The molecule has 0 saturated carbocycles. The van der Waals surface area contributed by atoms with Crippen LogP contribution in [0.1, 0.15) is 50.8 Å². The molecular formula is C13H18N2. The van der Waals surface area contributed by atoms with E-state index in [4.69, 9.17) is 0 Å². The van der Waals surface area contributed by atoms with Crippen LogP contribution in [0.2, 0.25) is 0 Å². The summed E-state index contributed by atoms with van der Waals surface area (Å²) in [6.45, 7) is 8.95. The van der Waals surface area contributed by atoms with Crippen LogP contribution in [0.4, 0.5) is 0 Å². The molecule has 0 radical (unpaired) electrons. The van der Waals surface area contributed by atoms with Crippen LogP contribution in [0.15, 0.2) is 24.5 Å². The van der Waals surface area contributed by atoms with Crippen molar-refractivity contribution in [3.8, 4) is 0 Å². The second-order valence-corrected chi connectivity index (χ2v) is 4.64. The van der Waals surface area contributed by atoms with Crippen molar-refractivity contribution in [3.05, 3.63) is 35.8 Å². The fourth-order valence-electron chi connectivity index (χ4n) is 2.13. The predicted molar refractivity (Wildman–Crippen MR) is 63.4 cm³/mol. The molecule has 0 fully saturated rings. The lowest BCUT2D eigenvalue weighted by Crippen LogP contribution is -2.05. The second-order valence-electron chi connectivity index (χ2n) is 4.64. The maximum absolute atomic E-state index is 4.33. The van der Waals surface area contributed by atoms with Crippen LogP contribution in [0, 0.1) is 0 Å². The maximum Gasteiger partial charge on any atom is 0.136 e. The molecule has 2 aromatic rings. The molecule has 0 atom stereocenters. The molecule has 0 aliphatic rings. The van der Waals surface area contributed by atoms with Gasteiger partial charge in [0.1, 0.15) is 5.65 Å². The van der Waals surface area contributed by atoms with Gasteiger partial charge in [0.15, 0.2) is 0 Å². The highest BCUT2D eigenvalue weighted by atomic mass is 15.0. The van der Waals surface area contributed by atoms with Crippen LogP contribution < -0.4 is 0 Å². The number of fused-ring (bicyclic) bond motifs is 1. The summed E-state index contributed by atoms with van der Waals surface area (Å²) in [4.78, 5) is 4.33. The van der Waals surface area contributed by atoms with E-state index in [1.165, 1.54) is 11.3 Å². The summed E-state index contributed by atoms with van der Waals surface area (Å²) in [5.41, 5.74) is 3.86. The molecule has 80 valence electrons. The Morgan fingerprint density at radius 3 is 2.40 bits per heavy atom. The van der Waals surface area contributed by atoms with Crippen molar-refractivity contribution in [1.82, 2.24) is 9.38 Å². The molecule has 2 rings (SSSR count). The van der Waals surface area contributed by atoms with Crippen LogP contribution >= 0.6 is 0 Å². The first-order valence-corrected chi connectivity index (χ1v) is 5.57. The lowest BCUT2D eigenvalue weighted by atomic mass is 9.95. The Labute approximate surface area is 91.0 Å². The lowest BCUT2D eigenvalue weighted by Gasteiger charge is -2.17. The number of rotatable bonds is 2. The number of imidazole rings is 1. The van der Waals surface area contributed by atoms with E-state index in [1.54, 1.807) is 0 Å². The molecule has 2 nitrogen and oxygen atoms in total. The molecule has 0 aliphatic carbocycles. The minimum atomic E-state index is 0.528. The molecule has 0 spiro atoms. The van der Waals surface area contributed by atoms with Gasteiger partial charge in [0.2, 0.25) is 0 Å². The summed E-state index contributed by atoms with van der Waals surface area (Å²) < 4.78 is 2.21. The van der Waals surface area contributed by atoms with Crippen LogP contribution in [0.25, 0.3) is 5.65 Å². The number of aromatic nitrogens is 2. The number of nitrogens with zero attached hydrogens (tertiary/aromatic N) is 2. The molecule has 2 heterocycles. The smallest absolute Gasteiger partial charge is 0.136 e. The van der Waals surface area contributed by atoms with Gasteiger partial charge in [0.25, 0.3) is 0 Å². The topological polar surface area (TPSA) is 17.3 Å². The highest BCUT2D eigenvalue weighted by molar-refractivity contribution is 5.44. The van der Waals surface area contributed by atoms with Crippen molar-refractivity contribution in [1.29, 1.82) is 0 Å². The molecule has 0 amide bonds. The molecule has 0 saturated heterocycles. The minimum absolute atomic E-state index is 0.528. The van der Waals surface area contributed by atoms with Crippen molar-refractivity contribution in [2.24, 2.45) is 0 Å². The van der Waals surface area contributed by atoms with E-state index in [2.05, 4.69) is 55.4 Å². The van der Waals surface area contributed by atoms with Crippen molar-refractivity contribution in [2.45, 2.75) is 39.5 Å². The first kappa shape index (κ1) is 10.2. The Morgan fingerprint density at radius 1 is 1.07 bits per heavy atom. The van der Waals surface area contributed by atoms with Gasteiger partial charge in [-0.25, -0.2) is 4.98 Å². The fourth-order valence-corrected chi connectivity index (χ4v) is 2.13. The quantitative estimate of drug-likeness (QED) is 0.727. The maximum atomic E-state index is 4.33. The molecule has 2 aromatic heterocycles. The third-order valence-corrected chi connectivity index (χ3v) is 2.81. The van der Waals surface area contributed by atoms with E-state index in [9.17, 15) is 0 Å². The molecule has 2 heteroatoms. The van der Waals surface area contributed by atoms with Gasteiger partial charge >= 0.3 is 0 Å². The Balaban J connectivity index is 2.75. The van der Waals surface area contributed by atoms with Crippen molar-refractivity contribution in [3.63, 3.8) is 0 Å². The molecule has 0 bridgehead atoms. The number of hydrogen-bond donors (Lipinski definition) is 0. The van der Waals surface area contributed by atoms with Crippen molar-refractivity contribution < 1.29 is 0 Å². The summed E-state index contributed by atoms with van der Waals surface area (Å²) in [6, 6.07) is 4.31. The van der Waals surface area contributed by atoms with Crippen LogP contribution in [-0.4, -0.2) is 9.38 Å². The second kappa shape index (κ2) is 3.69. The normalized spacial score (nSPS) is 11.9. The summed E-state index contributed by atoms with van der Waals surface area (Å²) in [7, 11) is 0. The third kappa shape index (κ3) is 1.65. The molecular weight excluding hydrogens is 184 g/mol. The van der Waals surface area contributed by atoms with Gasteiger partial charge in [-0.3, -0.25) is 0 Å². The number of hydrogen-bond acceptors (Lipinski definition) is 1. The Bertz CT molecular complexity index is 466. The van der Waals surface area contributed by atoms with Crippen LogP contribution in [0.5, 0.6) is 0 Å². The van der Waals surface area contributed by atoms with E-state index >= 15 is 0 Å². The zero-order valence-corrected chi connectivity index (χ0v) is 9.86. The van der Waals surface area contributed by atoms with Crippen molar-refractivity contribution >= 4 is 5.65 Å². The average Bonchev–Trinajstić information content (AvgIpc) is 2.62.